The van der Waals surface area contributed by atoms with Gasteiger partial charge in [-0.3, -0.25) is 14.9 Å². The molecule has 21 heavy (non-hydrogen) atoms. The topological polar surface area (TPSA) is 72.2 Å². The van der Waals surface area contributed by atoms with Crippen LogP contribution in [-0.2, 0) is 0 Å². The number of amides is 1. The Hall–Kier alpha value is -1.73. The molecular formula is C14H10Br2N2O3. The SMILES string of the molecule is Cc1ccc(NC(=O)c2ccc(Br)cc2Br)cc1[N+](=O)[O-]. The highest BCUT2D eigenvalue weighted by molar-refractivity contribution is 9.11. The molecule has 2 aromatic carbocycles. The smallest absolute Gasteiger partial charge is 0.274 e. The van der Waals surface area contributed by atoms with Crippen LogP contribution in [0.4, 0.5) is 11.4 Å². The van der Waals surface area contributed by atoms with Crippen LogP contribution in [0.3, 0.4) is 0 Å². The normalized spacial score (nSPS) is 10.2. The maximum Gasteiger partial charge on any atom is 0.274 e. The van der Waals surface area contributed by atoms with Gasteiger partial charge in [0.25, 0.3) is 11.6 Å². The molecule has 0 radical (unpaired) electrons. The Morgan fingerprint density at radius 2 is 1.90 bits per heavy atom. The molecule has 0 saturated carbocycles. The number of carbonyl (C=O) groups excluding carboxylic acids is 1. The number of nitrogens with zero attached hydrogens (tertiary/aromatic N) is 1. The lowest BCUT2D eigenvalue weighted by Crippen LogP contribution is -2.12. The molecule has 0 bridgehead atoms. The first kappa shape index (κ1) is 15.7. The summed E-state index contributed by atoms with van der Waals surface area (Å²) in [5.74, 6) is -0.340. The van der Waals surface area contributed by atoms with Crippen LogP contribution in [0, 0.1) is 17.0 Å². The molecule has 1 amide bonds. The summed E-state index contributed by atoms with van der Waals surface area (Å²) in [5, 5.41) is 13.6. The van der Waals surface area contributed by atoms with E-state index in [1.165, 1.54) is 6.07 Å². The number of anilines is 1. The summed E-state index contributed by atoms with van der Waals surface area (Å²) in [4.78, 5) is 22.6. The van der Waals surface area contributed by atoms with E-state index < -0.39 is 4.92 Å². The van der Waals surface area contributed by atoms with Crippen LogP contribution in [-0.4, -0.2) is 10.8 Å². The van der Waals surface area contributed by atoms with Crippen LogP contribution >= 0.6 is 31.9 Å². The van der Waals surface area contributed by atoms with Gasteiger partial charge in [0.05, 0.1) is 10.5 Å². The van der Waals surface area contributed by atoms with Crippen molar-refractivity contribution in [3.8, 4) is 0 Å². The molecule has 1 N–H and O–H groups in total. The minimum absolute atomic E-state index is 0.0253. The Labute approximate surface area is 137 Å². The van der Waals surface area contributed by atoms with E-state index in [0.29, 0.717) is 21.3 Å². The summed E-state index contributed by atoms with van der Waals surface area (Å²) in [5.41, 5.74) is 1.35. The molecular weight excluding hydrogens is 404 g/mol. The van der Waals surface area contributed by atoms with Gasteiger partial charge in [-0.25, -0.2) is 0 Å². The third-order valence-electron chi connectivity index (χ3n) is 2.84. The molecule has 0 aliphatic heterocycles. The highest BCUT2D eigenvalue weighted by Gasteiger charge is 2.14. The van der Waals surface area contributed by atoms with Gasteiger partial charge in [0.1, 0.15) is 0 Å². The quantitative estimate of drug-likeness (QED) is 0.586. The molecule has 0 atom stereocenters. The van der Waals surface area contributed by atoms with Crippen LogP contribution < -0.4 is 5.32 Å². The average Bonchev–Trinajstić information content (AvgIpc) is 2.40. The molecule has 2 aromatic rings. The summed E-state index contributed by atoms with van der Waals surface area (Å²) in [7, 11) is 0. The highest BCUT2D eigenvalue weighted by atomic mass is 79.9. The van der Waals surface area contributed by atoms with Crippen molar-refractivity contribution in [1.82, 2.24) is 0 Å². The lowest BCUT2D eigenvalue weighted by molar-refractivity contribution is -0.385. The molecule has 0 saturated heterocycles. The van der Waals surface area contributed by atoms with Gasteiger partial charge in [0.15, 0.2) is 0 Å². The minimum atomic E-state index is -0.472. The van der Waals surface area contributed by atoms with Crippen molar-refractivity contribution in [1.29, 1.82) is 0 Å². The van der Waals surface area contributed by atoms with Crippen molar-refractivity contribution in [2.45, 2.75) is 6.92 Å². The Morgan fingerprint density at radius 1 is 1.19 bits per heavy atom. The number of nitro groups is 1. The number of hydrogen-bond donors (Lipinski definition) is 1. The van der Waals surface area contributed by atoms with Crippen LogP contribution in [0.15, 0.2) is 45.3 Å². The van der Waals surface area contributed by atoms with Gasteiger partial charge in [-0.1, -0.05) is 22.0 Å². The zero-order valence-corrected chi connectivity index (χ0v) is 14.1. The maximum atomic E-state index is 12.2. The molecule has 108 valence electrons. The summed E-state index contributed by atoms with van der Waals surface area (Å²) in [6.07, 6.45) is 0. The standard InChI is InChI=1S/C14H10Br2N2O3/c1-8-2-4-10(7-13(8)18(20)21)17-14(19)11-5-3-9(15)6-12(11)16/h2-7H,1H3,(H,17,19). The van der Waals surface area contributed by atoms with E-state index in [2.05, 4.69) is 37.2 Å². The van der Waals surface area contributed by atoms with E-state index in [-0.39, 0.29) is 11.6 Å². The fraction of sp³-hybridized carbons (Fsp3) is 0.0714. The molecule has 0 aliphatic rings. The second-order valence-electron chi connectivity index (χ2n) is 4.34. The number of hydrogen-bond acceptors (Lipinski definition) is 3. The average molecular weight is 414 g/mol. The number of benzene rings is 2. The third-order valence-corrected chi connectivity index (χ3v) is 3.99. The number of aryl methyl sites for hydroxylation is 1. The zero-order valence-electron chi connectivity index (χ0n) is 10.9. The largest absolute Gasteiger partial charge is 0.322 e. The van der Waals surface area contributed by atoms with E-state index in [0.717, 1.165) is 4.47 Å². The van der Waals surface area contributed by atoms with E-state index in [9.17, 15) is 14.9 Å². The number of nitro benzene ring substituents is 1. The van der Waals surface area contributed by atoms with Crippen molar-refractivity contribution < 1.29 is 9.72 Å². The van der Waals surface area contributed by atoms with Crippen molar-refractivity contribution in [2.75, 3.05) is 5.32 Å². The van der Waals surface area contributed by atoms with Gasteiger partial charge >= 0.3 is 0 Å². The Morgan fingerprint density at radius 3 is 2.52 bits per heavy atom. The Balaban J connectivity index is 2.27. The van der Waals surface area contributed by atoms with E-state index in [4.69, 9.17) is 0 Å². The number of carbonyl (C=O) groups is 1. The van der Waals surface area contributed by atoms with Gasteiger partial charge in [-0.2, -0.15) is 0 Å². The molecule has 2 rings (SSSR count). The molecule has 0 spiro atoms. The van der Waals surface area contributed by atoms with E-state index >= 15 is 0 Å². The van der Waals surface area contributed by atoms with Gasteiger partial charge in [-0.05, 0) is 47.1 Å². The van der Waals surface area contributed by atoms with Crippen LogP contribution in [0.25, 0.3) is 0 Å². The lowest BCUT2D eigenvalue weighted by atomic mass is 10.1. The van der Waals surface area contributed by atoms with Crippen LogP contribution in [0.1, 0.15) is 15.9 Å². The second kappa shape index (κ2) is 6.36. The molecule has 0 aliphatic carbocycles. The number of halogens is 2. The molecule has 0 fully saturated rings. The predicted molar refractivity (Wildman–Crippen MR) is 87.6 cm³/mol. The lowest BCUT2D eigenvalue weighted by Gasteiger charge is -2.08. The summed E-state index contributed by atoms with van der Waals surface area (Å²) in [6.45, 7) is 1.65. The predicted octanol–water partition coefficient (Wildman–Crippen LogP) is 4.68. The van der Waals surface area contributed by atoms with Crippen molar-refractivity contribution >= 4 is 49.1 Å². The van der Waals surface area contributed by atoms with Gasteiger partial charge in [-0.15, -0.1) is 0 Å². The molecule has 0 aromatic heterocycles. The second-order valence-corrected chi connectivity index (χ2v) is 6.11. The first-order valence-electron chi connectivity index (χ1n) is 5.90. The summed E-state index contributed by atoms with van der Waals surface area (Å²) < 4.78 is 1.48. The Bertz CT molecular complexity index is 732. The maximum absolute atomic E-state index is 12.2. The van der Waals surface area contributed by atoms with Crippen molar-refractivity contribution in [3.63, 3.8) is 0 Å². The van der Waals surface area contributed by atoms with E-state index in [1.807, 2.05) is 0 Å². The van der Waals surface area contributed by atoms with Crippen molar-refractivity contribution in [2.24, 2.45) is 0 Å². The first-order chi connectivity index (χ1) is 9.88. The third kappa shape index (κ3) is 3.68. The van der Waals surface area contributed by atoms with E-state index in [1.54, 1.807) is 37.3 Å². The van der Waals surface area contributed by atoms with Crippen LogP contribution in [0.5, 0.6) is 0 Å². The monoisotopic (exact) mass is 412 g/mol. The molecule has 7 heteroatoms. The van der Waals surface area contributed by atoms with Gasteiger partial charge < -0.3 is 5.32 Å². The number of rotatable bonds is 3. The first-order valence-corrected chi connectivity index (χ1v) is 7.48. The highest BCUT2D eigenvalue weighted by Crippen LogP contribution is 2.25. The summed E-state index contributed by atoms with van der Waals surface area (Å²) in [6, 6.07) is 9.74. The molecule has 0 heterocycles. The van der Waals surface area contributed by atoms with Gasteiger partial charge in [0, 0.05) is 26.3 Å². The van der Waals surface area contributed by atoms with Crippen molar-refractivity contribution in [3.05, 3.63) is 66.6 Å². The fourth-order valence-corrected chi connectivity index (χ4v) is 2.98. The number of nitrogens with one attached hydrogen (secondary N) is 1. The fourth-order valence-electron chi connectivity index (χ4n) is 1.76. The minimum Gasteiger partial charge on any atom is -0.322 e. The molecule has 5 nitrogen and oxygen atoms in total. The molecule has 0 unspecified atom stereocenters. The van der Waals surface area contributed by atoms with Gasteiger partial charge in [0.2, 0.25) is 0 Å². The van der Waals surface area contributed by atoms with Crippen LogP contribution in [0.2, 0.25) is 0 Å². The Kier molecular flexibility index (Phi) is 4.74. The summed E-state index contributed by atoms with van der Waals surface area (Å²) >= 11 is 6.62. The zero-order chi connectivity index (χ0) is 15.6.